The number of halogens is 1. The lowest BCUT2D eigenvalue weighted by molar-refractivity contribution is -0.141. The molecule has 0 spiro atoms. The van der Waals surface area contributed by atoms with Gasteiger partial charge >= 0.3 is 5.97 Å². The fourth-order valence-electron chi connectivity index (χ4n) is 3.19. The highest BCUT2D eigenvalue weighted by Crippen LogP contribution is 2.29. The quantitative estimate of drug-likeness (QED) is 0.865. The number of carbonyl (C=O) groups excluding carboxylic acids is 2. The van der Waals surface area contributed by atoms with E-state index in [1.54, 1.807) is 9.80 Å². The number of rotatable bonds is 3. The van der Waals surface area contributed by atoms with Gasteiger partial charge in [0.2, 0.25) is 11.8 Å². The highest BCUT2D eigenvalue weighted by Gasteiger charge is 2.40. The van der Waals surface area contributed by atoms with Crippen LogP contribution in [0.5, 0.6) is 0 Å². The maximum absolute atomic E-state index is 12.5. The average molecular weight is 381 g/mol. The van der Waals surface area contributed by atoms with E-state index in [4.69, 9.17) is 5.11 Å². The fourth-order valence-corrected chi connectivity index (χ4v) is 3.57. The second-order valence-corrected chi connectivity index (χ2v) is 6.91. The number of amides is 2. The number of carboxylic acid groups (broad SMARTS) is 1. The van der Waals surface area contributed by atoms with E-state index in [9.17, 15) is 14.4 Å². The molecule has 2 saturated heterocycles. The van der Waals surface area contributed by atoms with Crippen LogP contribution in [0, 0.1) is 11.8 Å². The molecule has 0 radical (unpaired) electrons. The van der Waals surface area contributed by atoms with Gasteiger partial charge in [-0.1, -0.05) is 22.0 Å². The molecule has 1 N–H and O–H groups in total. The molecule has 6 nitrogen and oxygen atoms in total. The van der Waals surface area contributed by atoms with Crippen molar-refractivity contribution in [1.82, 2.24) is 4.90 Å². The lowest BCUT2D eigenvalue weighted by atomic mass is 10.1. The van der Waals surface area contributed by atoms with Crippen molar-refractivity contribution in [3.8, 4) is 0 Å². The number of hydrogen-bond donors (Lipinski definition) is 1. The molecule has 0 unspecified atom stereocenters. The molecule has 0 saturated carbocycles. The van der Waals surface area contributed by atoms with Crippen molar-refractivity contribution in [2.45, 2.75) is 12.8 Å². The number of anilines is 1. The van der Waals surface area contributed by atoms with Crippen molar-refractivity contribution >= 4 is 39.4 Å². The van der Waals surface area contributed by atoms with Crippen molar-refractivity contribution in [2.24, 2.45) is 11.8 Å². The summed E-state index contributed by atoms with van der Waals surface area (Å²) >= 11 is 3.38. The molecule has 2 fully saturated rings. The number of nitrogens with zero attached hydrogens (tertiary/aromatic N) is 2. The molecule has 2 aliphatic heterocycles. The third kappa shape index (κ3) is 3.24. The zero-order chi connectivity index (χ0) is 16.6. The van der Waals surface area contributed by atoms with Crippen LogP contribution in [-0.4, -0.2) is 47.4 Å². The molecular formula is C16H17BrN2O4. The number of aliphatic carboxylic acids is 1. The zero-order valence-electron chi connectivity index (χ0n) is 12.4. The zero-order valence-corrected chi connectivity index (χ0v) is 14.0. The van der Waals surface area contributed by atoms with Crippen LogP contribution in [0.25, 0.3) is 0 Å². The van der Waals surface area contributed by atoms with Gasteiger partial charge in [-0.15, -0.1) is 0 Å². The molecule has 2 aliphatic rings. The summed E-state index contributed by atoms with van der Waals surface area (Å²) in [6.45, 7) is 1.05. The molecule has 1 aromatic carbocycles. The lowest BCUT2D eigenvalue weighted by Crippen LogP contribution is -2.36. The summed E-state index contributed by atoms with van der Waals surface area (Å²) in [5, 5.41) is 9.03. The van der Waals surface area contributed by atoms with Crippen LogP contribution in [0.4, 0.5) is 5.69 Å². The number of likely N-dealkylation sites (tertiary alicyclic amines) is 1. The second-order valence-electron chi connectivity index (χ2n) is 5.99. The topological polar surface area (TPSA) is 77.9 Å². The van der Waals surface area contributed by atoms with E-state index < -0.39 is 17.8 Å². The molecule has 0 aliphatic carbocycles. The summed E-state index contributed by atoms with van der Waals surface area (Å²) in [7, 11) is 0. The molecular weight excluding hydrogens is 364 g/mol. The van der Waals surface area contributed by atoms with Crippen LogP contribution in [-0.2, 0) is 14.4 Å². The minimum absolute atomic E-state index is 0.0737. The first-order chi connectivity index (χ1) is 11.0. The first-order valence-corrected chi connectivity index (χ1v) is 8.32. The van der Waals surface area contributed by atoms with Gasteiger partial charge in [0.05, 0.1) is 11.8 Å². The van der Waals surface area contributed by atoms with Crippen molar-refractivity contribution in [3.63, 3.8) is 0 Å². The fraction of sp³-hybridized carbons (Fsp3) is 0.438. The van der Waals surface area contributed by atoms with Crippen LogP contribution in [0.1, 0.15) is 12.8 Å². The Labute approximate surface area is 142 Å². The monoisotopic (exact) mass is 380 g/mol. The van der Waals surface area contributed by atoms with Gasteiger partial charge in [-0.25, -0.2) is 0 Å². The number of benzene rings is 1. The van der Waals surface area contributed by atoms with Gasteiger partial charge in [0.25, 0.3) is 0 Å². The predicted octanol–water partition coefficient (Wildman–Crippen LogP) is 1.74. The Hall–Kier alpha value is -1.89. The summed E-state index contributed by atoms with van der Waals surface area (Å²) in [6, 6.07) is 7.41. The predicted molar refractivity (Wildman–Crippen MR) is 86.9 cm³/mol. The third-order valence-corrected chi connectivity index (χ3v) is 4.94. The van der Waals surface area contributed by atoms with Gasteiger partial charge in [0.1, 0.15) is 0 Å². The number of hydrogen-bond acceptors (Lipinski definition) is 3. The summed E-state index contributed by atoms with van der Waals surface area (Å²) in [5.41, 5.74) is 0.768. The van der Waals surface area contributed by atoms with Crippen molar-refractivity contribution in [1.29, 1.82) is 0 Å². The molecule has 2 heterocycles. The van der Waals surface area contributed by atoms with E-state index in [1.165, 1.54) is 0 Å². The van der Waals surface area contributed by atoms with Gasteiger partial charge in [-0.3, -0.25) is 14.4 Å². The molecule has 0 bridgehead atoms. The van der Waals surface area contributed by atoms with Gasteiger partial charge < -0.3 is 14.9 Å². The Morgan fingerprint density at radius 1 is 1.22 bits per heavy atom. The number of carboxylic acids is 1. The highest BCUT2D eigenvalue weighted by molar-refractivity contribution is 9.10. The second kappa shape index (κ2) is 6.31. The molecule has 3 rings (SSSR count). The van der Waals surface area contributed by atoms with E-state index >= 15 is 0 Å². The first kappa shape index (κ1) is 16.0. The van der Waals surface area contributed by atoms with E-state index in [0.29, 0.717) is 19.5 Å². The molecule has 122 valence electrons. The Balaban J connectivity index is 1.68. The first-order valence-electron chi connectivity index (χ1n) is 7.53. The van der Waals surface area contributed by atoms with E-state index in [-0.39, 0.29) is 24.8 Å². The molecule has 2 atom stereocenters. The van der Waals surface area contributed by atoms with Crippen LogP contribution in [0.3, 0.4) is 0 Å². The van der Waals surface area contributed by atoms with Gasteiger partial charge in [0.15, 0.2) is 0 Å². The Morgan fingerprint density at radius 3 is 2.65 bits per heavy atom. The summed E-state index contributed by atoms with van der Waals surface area (Å²) in [6.07, 6.45) is 0.663. The standard InChI is InChI=1S/C16H17BrN2O4/c17-12-2-1-3-13(7-12)19-9-11(6-14(19)20)15(21)18-5-4-10(8-18)16(22)23/h1-3,7,10-11H,4-6,8-9H2,(H,22,23)/t10-,11+/m0/s1. The molecule has 23 heavy (non-hydrogen) atoms. The largest absolute Gasteiger partial charge is 0.481 e. The smallest absolute Gasteiger partial charge is 0.308 e. The third-order valence-electron chi connectivity index (χ3n) is 4.44. The van der Waals surface area contributed by atoms with Crippen molar-refractivity contribution < 1.29 is 19.5 Å². The van der Waals surface area contributed by atoms with Crippen LogP contribution in [0.2, 0.25) is 0 Å². The minimum atomic E-state index is -0.862. The van der Waals surface area contributed by atoms with Crippen molar-refractivity contribution in [2.75, 3.05) is 24.5 Å². The van der Waals surface area contributed by atoms with Crippen LogP contribution >= 0.6 is 15.9 Å². The van der Waals surface area contributed by atoms with Gasteiger partial charge in [-0.2, -0.15) is 0 Å². The Morgan fingerprint density at radius 2 is 2.00 bits per heavy atom. The maximum atomic E-state index is 12.5. The normalized spacial score (nSPS) is 24.3. The summed E-state index contributed by atoms with van der Waals surface area (Å²) in [5.74, 6) is -1.93. The average Bonchev–Trinajstić information content (AvgIpc) is 3.13. The highest BCUT2D eigenvalue weighted by atomic mass is 79.9. The molecule has 2 amide bonds. The Bertz CT molecular complexity index is 663. The summed E-state index contributed by atoms with van der Waals surface area (Å²) < 4.78 is 0.876. The van der Waals surface area contributed by atoms with E-state index in [0.717, 1.165) is 10.2 Å². The molecule has 1 aromatic rings. The number of carbonyl (C=O) groups is 3. The molecule has 7 heteroatoms. The van der Waals surface area contributed by atoms with E-state index in [1.807, 2.05) is 24.3 Å². The Kier molecular flexibility index (Phi) is 4.39. The van der Waals surface area contributed by atoms with E-state index in [2.05, 4.69) is 15.9 Å². The lowest BCUT2D eigenvalue weighted by Gasteiger charge is -2.21. The van der Waals surface area contributed by atoms with Crippen LogP contribution < -0.4 is 4.90 Å². The van der Waals surface area contributed by atoms with Gasteiger partial charge in [0, 0.05) is 36.2 Å². The van der Waals surface area contributed by atoms with Crippen LogP contribution in [0.15, 0.2) is 28.7 Å². The maximum Gasteiger partial charge on any atom is 0.308 e. The summed E-state index contributed by atoms with van der Waals surface area (Å²) in [4.78, 5) is 39.0. The van der Waals surface area contributed by atoms with Crippen molar-refractivity contribution in [3.05, 3.63) is 28.7 Å². The van der Waals surface area contributed by atoms with Gasteiger partial charge in [-0.05, 0) is 24.6 Å². The SMILES string of the molecule is O=C(O)[C@H]1CCN(C(=O)[C@@H]2CC(=O)N(c3cccc(Br)c3)C2)C1. The molecule has 0 aromatic heterocycles. The minimum Gasteiger partial charge on any atom is -0.481 e.